The minimum absolute atomic E-state index is 0.113. The van der Waals surface area contributed by atoms with Gasteiger partial charge in [0.05, 0.1) is 5.92 Å². The van der Waals surface area contributed by atoms with Crippen LogP contribution in [0.5, 0.6) is 0 Å². The molecule has 1 amide bonds. The molecule has 0 spiro atoms. The summed E-state index contributed by atoms with van der Waals surface area (Å²) in [4.78, 5) is 18.0. The highest BCUT2D eigenvalue weighted by Gasteiger charge is 2.34. The summed E-state index contributed by atoms with van der Waals surface area (Å²) in [6.45, 7) is 7.61. The molecule has 1 fully saturated rings. The molecule has 0 unspecified atom stereocenters. The van der Waals surface area contributed by atoms with Crippen molar-refractivity contribution in [2.45, 2.75) is 26.3 Å². The average molecular weight is 233 g/mol. The molecule has 0 atom stereocenters. The van der Waals surface area contributed by atoms with E-state index in [1.165, 1.54) is 0 Å². The lowest BCUT2D eigenvalue weighted by Crippen LogP contribution is -2.56. The van der Waals surface area contributed by atoms with E-state index in [0.717, 1.165) is 18.8 Å². The molecule has 17 heavy (non-hydrogen) atoms. The van der Waals surface area contributed by atoms with Crippen molar-refractivity contribution >= 4 is 11.6 Å². The van der Waals surface area contributed by atoms with Crippen LogP contribution >= 0.6 is 0 Å². The fourth-order valence-electron chi connectivity index (χ4n) is 1.88. The highest BCUT2D eigenvalue weighted by molar-refractivity contribution is 5.82. The third-order valence-corrected chi connectivity index (χ3v) is 2.78. The van der Waals surface area contributed by atoms with Gasteiger partial charge in [-0.05, 0) is 32.9 Å². The van der Waals surface area contributed by atoms with Crippen LogP contribution in [0.2, 0.25) is 0 Å². The lowest BCUT2D eigenvalue weighted by atomic mass is 9.96. The molecule has 2 heterocycles. The maximum Gasteiger partial charge on any atom is 0.227 e. The molecule has 4 heteroatoms. The SMILES string of the molecule is CC(C)(C)NC(=O)C1CN(c2ccncc2)C1. The van der Waals surface area contributed by atoms with Crippen molar-refractivity contribution in [1.82, 2.24) is 10.3 Å². The molecular weight excluding hydrogens is 214 g/mol. The molecule has 0 aromatic carbocycles. The monoisotopic (exact) mass is 233 g/mol. The molecule has 2 rings (SSSR count). The number of pyridine rings is 1. The number of carbonyl (C=O) groups excluding carboxylic acids is 1. The Balaban J connectivity index is 1.85. The van der Waals surface area contributed by atoms with Gasteiger partial charge in [-0.25, -0.2) is 0 Å². The molecule has 1 saturated heterocycles. The van der Waals surface area contributed by atoms with Gasteiger partial charge < -0.3 is 10.2 Å². The first-order valence-electron chi connectivity index (χ1n) is 5.93. The average Bonchev–Trinajstić information content (AvgIpc) is 2.14. The van der Waals surface area contributed by atoms with Crippen molar-refractivity contribution < 1.29 is 4.79 Å². The van der Waals surface area contributed by atoms with Crippen LogP contribution in [-0.2, 0) is 4.79 Å². The van der Waals surface area contributed by atoms with Crippen LogP contribution in [0, 0.1) is 5.92 Å². The topological polar surface area (TPSA) is 45.2 Å². The molecule has 0 saturated carbocycles. The molecule has 1 aromatic rings. The Morgan fingerprint density at radius 3 is 2.47 bits per heavy atom. The van der Waals surface area contributed by atoms with Gasteiger partial charge in [0.25, 0.3) is 0 Å². The fraction of sp³-hybridized carbons (Fsp3) is 0.538. The predicted octanol–water partition coefficient (Wildman–Crippen LogP) is 1.43. The quantitative estimate of drug-likeness (QED) is 0.840. The van der Waals surface area contributed by atoms with Crippen LogP contribution < -0.4 is 10.2 Å². The van der Waals surface area contributed by atoms with Crippen LogP contribution in [0.4, 0.5) is 5.69 Å². The number of aromatic nitrogens is 1. The second-order valence-corrected chi connectivity index (χ2v) is 5.55. The fourth-order valence-corrected chi connectivity index (χ4v) is 1.88. The van der Waals surface area contributed by atoms with E-state index in [9.17, 15) is 4.79 Å². The maximum absolute atomic E-state index is 11.9. The summed E-state index contributed by atoms with van der Waals surface area (Å²) in [5.41, 5.74) is 0.994. The number of rotatable bonds is 2. The zero-order valence-electron chi connectivity index (χ0n) is 10.6. The second kappa shape index (κ2) is 4.35. The summed E-state index contributed by atoms with van der Waals surface area (Å²) in [6.07, 6.45) is 3.55. The Labute approximate surface area is 102 Å². The first-order valence-corrected chi connectivity index (χ1v) is 5.93. The summed E-state index contributed by atoms with van der Waals surface area (Å²) < 4.78 is 0. The number of amides is 1. The van der Waals surface area contributed by atoms with Crippen LogP contribution in [0.25, 0.3) is 0 Å². The zero-order chi connectivity index (χ0) is 12.5. The van der Waals surface area contributed by atoms with Gasteiger partial charge >= 0.3 is 0 Å². The van der Waals surface area contributed by atoms with E-state index in [-0.39, 0.29) is 17.4 Å². The number of nitrogens with zero attached hydrogens (tertiary/aromatic N) is 2. The third-order valence-electron chi connectivity index (χ3n) is 2.78. The maximum atomic E-state index is 11.9. The largest absolute Gasteiger partial charge is 0.370 e. The van der Waals surface area contributed by atoms with Gasteiger partial charge in [-0.3, -0.25) is 9.78 Å². The van der Waals surface area contributed by atoms with Gasteiger partial charge in [-0.2, -0.15) is 0 Å². The minimum Gasteiger partial charge on any atom is -0.370 e. The van der Waals surface area contributed by atoms with Crippen LogP contribution in [0.3, 0.4) is 0 Å². The lowest BCUT2D eigenvalue weighted by Gasteiger charge is -2.41. The van der Waals surface area contributed by atoms with Gasteiger partial charge in [0.1, 0.15) is 0 Å². The molecule has 4 nitrogen and oxygen atoms in total. The molecule has 1 aromatic heterocycles. The van der Waals surface area contributed by atoms with Crippen LogP contribution in [-0.4, -0.2) is 29.5 Å². The normalized spacial score (nSPS) is 16.5. The molecule has 1 aliphatic rings. The van der Waals surface area contributed by atoms with E-state index in [1.807, 2.05) is 32.9 Å². The Morgan fingerprint density at radius 2 is 1.94 bits per heavy atom. The van der Waals surface area contributed by atoms with E-state index < -0.39 is 0 Å². The van der Waals surface area contributed by atoms with E-state index in [0.29, 0.717) is 0 Å². The Bertz CT molecular complexity index is 391. The summed E-state index contributed by atoms with van der Waals surface area (Å²) >= 11 is 0. The third kappa shape index (κ3) is 2.96. The summed E-state index contributed by atoms with van der Waals surface area (Å²) in [6, 6.07) is 3.94. The molecule has 0 aliphatic carbocycles. The van der Waals surface area contributed by atoms with E-state index >= 15 is 0 Å². The summed E-state index contributed by atoms with van der Waals surface area (Å²) in [7, 11) is 0. The molecule has 0 radical (unpaired) electrons. The van der Waals surface area contributed by atoms with Crippen molar-refractivity contribution in [2.24, 2.45) is 5.92 Å². The first kappa shape index (κ1) is 11.9. The Morgan fingerprint density at radius 1 is 1.35 bits per heavy atom. The molecular formula is C13H19N3O. The standard InChI is InChI=1S/C13H19N3O/c1-13(2,3)15-12(17)10-8-16(9-10)11-4-6-14-7-5-11/h4-7,10H,8-9H2,1-3H3,(H,15,17). The lowest BCUT2D eigenvalue weighted by molar-refractivity contribution is -0.127. The predicted molar refractivity (Wildman–Crippen MR) is 67.8 cm³/mol. The summed E-state index contributed by atoms with van der Waals surface area (Å²) in [5, 5.41) is 3.02. The smallest absolute Gasteiger partial charge is 0.227 e. The van der Waals surface area contributed by atoms with E-state index in [4.69, 9.17) is 0 Å². The van der Waals surface area contributed by atoms with Crippen molar-refractivity contribution in [1.29, 1.82) is 0 Å². The Hall–Kier alpha value is -1.58. The van der Waals surface area contributed by atoms with Gasteiger partial charge in [0, 0.05) is 36.7 Å². The first-order chi connectivity index (χ1) is 7.96. The zero-order valence-corrected chi connectivity index (χ0v) is 10.6. The van der Waals surface area contributed by atoms with Gasteiger partial charge in [0.15, 0.2) is 0 Å². The van der Waals surface area contributed by atoms with E-state index in [2.05, 4.69) is 15.2 Å². The number of anilines is 1. The molecule has 1 aliphatic heterocycles. The van der Waals surface area contributed by atoms with Crippen molar-refractivity contribution in [2.75, 3.05) is 18.0 Å². The number of hydrogen-bond donors (Lipinski definition) is 1. The van der Waals surface area contributed by atoms with Gasteiger partial charge in [-0.15, -0.1) is 0 Å². The second-order valence-electron chi connectivity index (χ2n) is 5.55. The number of nitrogens with one attached hydrogen (secondary N) is 1. The Kier molecular flexibility index (Phi) is 3.05. The van der Waals surface area contributed by atoms with Crippen LogP contribution in [0.1, 0.15) is 20.8 Å². The van der Waals surface area contributed by atoms with Crippen molar-refractivity contribution in [3.05, 3.63) is 24.5 Å². The molecule has 0 bridgehead atoms. The molecule has 92 valence electrons. The minimum atomic E-state index is -0.145. The number of carbonyl (C=O) groups is 1. The van der Waals surface area contributed by atoms with E-state index in [1.54, 1.807) is 12.4 Å². The summed E-state index contributed by atoms with van der Waals surface area (Å²) in [5.74, 6) is 0.269. The highest BCUT2D eigenvalue weighted by atomic mass is 16.2. The van der Waals surface area contributed by atoms with Crippen molar-refractivity contribution in [3.8, 4) is 0 Å². The van der Waals surface area contributed by atoms with Gasteiger partial charge in [0.2, 0.25) is 5.91 Å². The molecule has 1 N–H and O–H groups in total. The number of hydrogen-bond acceptors (Lipinski definition) is 3. The van der Waals surface area contributed by atoms with Crippen LogP contribution in [0.15, 0.2) is 24.5 Å². The van der Waals surface area contributed by atoms with Crippen molar-refractivity contribution in [3.63, 3.8) is 0 Å². The van der Waals surface area contributed by atoms with Gasteiger partial charge in [-0.1, -0.05) is 0 Å². The highest BCUT2D eigenvalue weighted by Crippen LogP contribution is 2.24.